The van der Waals surface area contributed by atoms with E-state index in [2.05, 4.69) is 71.0 Å². The highest BCUT2D eigenvalue weighted by atomic mass is 16.5. The van der Waals surface area contributed by atoms with Crippen LogP contribution in [0.1, 0.15) is 58.9 Å². The van der Waals surface area contributed by atoms with Gasteiger partial charge in [-0.05, 0) is 61.9 Å². The smallest absolute Gasteiger partial charge is 0.120 e. The number of ether oxygens (including phenoxy) is 1. The van der Waals surface area contributed by atoms with Crippen molar-refractivity contribution in [1.82, 2.24) is 0 Å². The first-order valence-electron chi connectivity index (χ1n) is 8.68. The van der Waals surface area contributed by atoms with Crippen LogP contribution < -0.4 is 4.74 Å². The minimum absolute atomic E-state index is 0.0802. The monoisotopic (exact) mass is 298 g/mol. The number of hydrogen-bond acceptors (Lipinski definition) is 1. The summed E-state index contributed by atoms with van der Waals surface area (Å²) in [6, 6.07) is 13.1. The number of rotatable bonds is 7. The second-order valence-electron chi connectivity index (χ2n) is 6.84. The van der Waals surface area contributed by atoms with Crippen molar-refractivity contribution >= 4 is 10.8 Å². The Hall–Kier alpha value is -1.50. The molecular weight excluding hydrogens is 268 g/mol. The van der Waals surface area contributed by atoms with Crippen molar-refractivity contribution in [3.8, 4) is 5.75 Å². The first-order chi connectivity index (χ1) is 10.5. The third-order valence-electron chi connectivity index (χ3n) is 5.00. The van der Waals surface area contributed by atoms with E-state index in [0.29, 0.717) is 5.92 Å². The Morgan fingerprint density at radius 1 is 1.05 bits per heavy atom. The molecule has 0 saturated carbocycles. The van der Waals surface area contributed by atoms with Gasteiger partial charge in [-0.2, -0.15) is 0 Å². The predicted molar refractivity (Wildman–Crippen MR) is 96.7 cm³/mol. The first kappa shape index (κ1) is 16.9. The fourth-order valence-corrected chi connectivity index (χ4v) is 3.03. The first-order valence-corrected chi connectivity index (χ1v) is 8.68. The Kier molecular flexibility index (Phi) is 5.50. The molecule has 0 fully saturated rings. The van der Waals surface area contributed by atoms with Gasteiger partial charge in [-0.15, -0.1) is 0 Å². The van der Waals surface area contributed by atoms with E-state index in [-0.39, 0.29) is 5.60 Å². The Morgan fingerprint density at radius 3 is 2.41 bits per heavy atom. The molecule has 1 nitrogen and oxygen atoms in total. The van der Waals surface area contributed by atoms with Crippen LogP contribution in [-0.2, 0) is 0 Å². The molecule has 2 aromatic rings. The van der Waals surface area contributed by atoms with Crippen LogP contribution in [0.5, 0.6) is 5.75 Å². The molecule has 0 aromatic heterocycles. The number of aryl methyl sites for hydroxylation is 1. The second kappa shape index (κ2) is 7.17. The third-order valence-corrected chi connectivity index (χ3v) is 5.00. The molecule has 1 heteroatoms. The van der Waals surface area contributed by atoms with Crippen LogP contribution in [0.15, 0.2) is 36.4 Å². The summed E-state index contributed by atoms with van der Waals surface area (Å²) in [5, 5.41) is 2.54. The summed E-state index contributed by atoms with van der Waals surface area (Å²) in [7, 11) is 0. The van der Waals surface area contributed by atoms with E-state index < -0.39 is 0 Å². The largest absolute Gasteiger partial charge is 0.487 e. The summed E-state index contributed by atoms with van der Waals surface area (Å²) in [4.78, 5) is 0. The van der Waals surface area contributed by atoms with E-state index >= 15 is 0 Å². The van der Waals surface area contributed by atoms with Crippen molar-refractivity contribution in [2.24, 2.45) is 5.92 Å². The van der Waals surface area contributed by atoms with Gasteiger partial charge in [-0.1, -0.05) is 57.0 Å². The van der Waals surface area contributed by atoms with Gasteiger partial charge in [-0.3, -0.25) is 0 Å². The van der Waals surface area contributed by atoms with Crippen molar-refractivity contribution < 1.29 is 4.74 Å². The van der Waals surface area contributed by atoms with Crippen molar-refractivity contribution in [3.63, 3.8) is 0 Å². The Balaban J connectivity index is 2.27. The van der Waals surface area contributed by atoms with Crippen LogP contribution in [0.3, 0.4) is 0 Å². The van der Waals surface area contributed by atoms with Gasteiger partial charge in [0.05, 0.1) is 0 Å². The molecule has 0 aliphatic heterocycles. The number of benzene rings is 2. The lowest BCUT2D eigenvalue weighted by molar-refractivity contribution is 0.0210. The molecule has 0 heterocycles. The summed E-state index contributed by atoms with van der Waals surface area (Å²) >= 11 is 0. The molecule has 120 valence electrons. The SMILES string of the molecule is CCCCC(C)(Oc1ccc2cc(C)ccc2c1)C(C)CC. The van der Waals surface area contributed by atoms with E-state index in [1.54, 1.807) is 0 Å². The molecule has 2 atom stereocenters. The molecular formula is C21H30O. The van der Waals surface area contributed by atoms with Crippen LogP contribution in [0, 0.1) is 12.8 Å². The maximum atomic E-state index is 6.50. The Morgan fingerprint density at radius 2 is 1.73 bits per heavy atom. The Labute approximate surface area is 135 Å². The van der Waals surface area contributed by atoms with Gasteiger partial charge in [0, 0.05) is 0 Å². The molecule has 0 aliphatic carbocycles. The maximum Gasteiger partial charge on any atom is 0.120 e. The van der Waals surface area contributed by atoms with Crippen LogP contribution >= 0.6 is 0 Å². The lowest BCUT2D eigenvalue weighted by Gasteiger charge is -2.36. The summed E-state index contributed by atoms with van der Waals surface area (Å²) in [5.74, 6) is 1.54. The van der Waals surface area contributed by atoms with Crippen LogP contribution in [0.25, 0.3) is 10.8 Å². The average molecular weight is 298 g/mol. The molecule has 0 aliphatic rings. The third kappa shape index (κ3) is 3.82. The van der Waals surface area contributed by atoms with Crippen LogP contribution in [-0.4, -0.2) is 5.60 Å². The molecule has 0 spiro atoms. The molecule has 2 aromatic carbocycles. The zero-order valence-corrected chi connectivity index (χ0v) is 14.8. The van der Waals surface area contributed by atoms with E-state index in [1.807, 2.05) is 0 Å². The fourth-order valence-electron chi connectivity index (χ4n) is 3.03. The van der Waals surface area contributed by atoms with Gasteiger partial charge in [0.1, 0.15) is 11.4 Å². The van der Waals surface area contributed by atoms with Crippen molar-refractivity contribution in [2.75, 3.05) is 0 Å². The molecule has 2 rings (SSSR count). The highest BCUT2D eigenvalue weighted by Gasteiger charge is 2.31. The molecule has 0 saturated heterocycles. The van der Waals surface area contributed by atoms with E-state index in [4.69, 9.17) is 4.74 Å². The highest BCUT2D eigenvalue weighted by molar-refractivity contribution is 5.84. The normalized spacial score (nSPS) is 15.5. The molecule has 2 unspecified atom stereocenters. The van der Waals surface area contributed by atoms with Crippen LogP contribution in [0.4, 0.5) is 0 Å². The van der Waals surface area contributed by atoms with Crippen molar-refractivity contribution in [2.45, 2.75) is 65.9 Å². The van der Waals surface area contributed by atoms with Gasteiger partial charge in [0.25, 0.3) is 0 Å². The summed E-state index contributed by atoms with van der Waals surface area (Å²) in [6.07, 6.45) is 4.69. The summed E-state index contributed by atoms with van der Waals surface area (Å²) in [6.45, 7) is 11.2. The number of unbranched alkanes of at least 4 members (excludes halogenated alkanes) is 1. The molecule has 0 amide bonds. The lowest BCUT2D eigenvalue weighted by atomic mass is 9.84. The topological polar surface area (TPSA) is 9.23 Å². The minimum Gasteiger partial charge on any atom is -0.487 e. The van der Waals surface area contributed by atoms with Crippen LogP contribution in [0.2, 0.25) is 0 Å². The van der Waals surface area contributed by atoms with E-state index in [1.165, 1.54) is 29.2 Å². The van der Waals surface area contributed by atoms with Gasteiger partial charge in [0.2, 0.25) is 0 Å². The van der Waals surface area contributed by atoms with Crippen molar-refractivity contribution in [3.05, 3.63) is 42.0 Å². The standard InChI is InChI=1S/C21H30O/c1-6-8-13-21(5,17(4)7-2)22-20-12-11-18-14-16(3)9-10-19(18)15-20/h9-12,14-15,17H,6-8,13H2,1-5H3. The lowest BCUT2D eigenvalue weighted by Crippen LogP contribution is -2.39. The number of fused-ring (bicyclic) bond motifs is 1. The zero-order valence-electron chi connectivity index (χ0n) is 14.8. The minimum atomic E-state index is -0.0802. The van der Waals surface area contributed by atoms with Gasteiger partial charge in [-0.25, -0.2) is 0 Å². The van der Waals surface area contributed by atoms with Gasteiger partial charge in [0.15, 0.2) is 0 Å². The average Bonchev–Trinajstić information content (AvgIpc) is 2.52. The predicted octanol–water partition coefficient (Wildman–Crippen LogP) is 6.52. The van der Waals surface area contributed by atoms with Gasteiger partial charge < -0.3 is 4.74 Å². The van der Waals surface area contributed by atoms with Crippen molar-refractivity contribution in [1.29, 1.82) is 0 Å². The highest BCUT2D eigenvalue weighted by Crippen LogP contribution is 2.33. The van der Waals surface area contributed by atoms with Gasteiger partial charge >= 0.3 is 0 Å². The summed E-state index contributed by atoms with van der Waals surface area (Å²) < 4.78 is 6.50. The molecule has 0 bridgehead atoms. The Bertz CT molecular complexity index is 616. The summed E-state index contributed by atoms with van der Waals surface area (Å²) in [5.41, 5.74) is 1.22. The molecule has 22 heavy (non-hydrogen) atoms. The zero-order chi connectivity index (χ0) is 16.2. The molecule has 0 N–H and O–H groups in total. The molecule has 0 radical (unpaired) electrons. The second-order valence-corrected chi connectivity index (χ2v) is 6.84. The quantitative estimate of drug-likeness (QED) is 0.565. The fraction of sp³-hybridized carbons (Fsp3) is 0.524. The number of hydrogen-bond donors (Lipinski definition) is 0. The maximum absolute atomic E-state index is 6.50. The van der Waals surface area contributed by atoms with E-state index in [0.717, 1.165) is 18.6 Å². The van der Waals surface area contributed by atoms with E-state index in [9.17, 15) is 0 Å².